The van der Waals surface area contributed by atoms with Gasteiger partial charge in [0.2, 0.25) is 0 Å². The van der Waals surface area contributed by atoms with Crippen molar-refractivity contribution in [2.45, 2.75) is 44.6 Å². The molecule has 0 radical (unpaired) electrons. The third-order valence-corrected chi connectivity index (χ3v) is 4.55. The number of rotatable bonds is 2. The van der Waals surface area contributed by atoms with Crippen molar-refractivity contribution in [2.24, 2.45) is 11.1 Å². The summed E-state index contributed by atoms with van der Waals surface area (Å²) in [5.41, 5.74) is 10.1. The first-order valence-electron chi connectivity index (χ1n) is 6.54. The Hall–Kier alpha value is -1.33. The van der Waals surface area contributed by atoms with Crippen LogP contribution in [0.25, 0.3) is 0 Å². The van der Waals surface area contributed by atoms with E-state index in [9.17, 15) is 5.26 Å². The minimum absolute atomic E-state index is 0.104. The van der Waals surface area contributed by atoms with E-state index in [0.29, 0.717) is 0 Å². The van der Waals surface area contributed by atoms with Gasteiger partial charge in [0.05, 0.1) is 11.5 Å². The van der Waals surface area contributed by atoms with Crippen LogP contribution >= 0.6 is 0 Å². The molecule has 0 spiro atoms. The highest BCUT2D eigenvalue weighted by atomic mass is 14.7. The molecule has 0 saturated heterocycles. The summed E-state index contributed by atoms with van der Waals surface area (Å²) in [7, 11) is 0. The summed E-state index contributed by atoms with van der Waals surface area (Å²) < 4.78 is 0. The number of benzene rings is 1. The van der Waals surface area contributed by atoms with E-state index in [2.05, 4.69) is 24.3 Å². The number of nitrogens with two attached hydrogens (primary N) is 1. The summed E-state index contributed by atoms with van der Waals surface area (Å²) in [5.74, 6) is 0. The first-order chi connectivity index (χ1) is 8.25. The third kappa shape index (κ3) is 1.57. The molecule has 1 saturated carbocycles. The van der Waals surface area contributed by atoms with Gasteiger partial charge in [-0.15, -0.1) is 0 Å². The van der Waals surface area contributed by atoms with Gasteiger partial charge in [-0.05, 0) is 48.8 Å². The lowest BCUT2D eigenvalue weighted by atomic mass is 9.63. The molecule has 1 atom stereocenters. The van der Waals surface area contributed by atoms with E-state index < -0.39 is 0 Å². The Morgan fingerprint density at radius 1 is 1.18 bits per heavy atom. The van der Waals surface area contributed by atoms with Crippen LogP contribution in [-0.2, 0) is 12.8 Å². The van der Waals surface area contributed by atoms with Crippen molar-refractivity contribution in [3.05, 3.63) is 34.9 Å². The average Bonchev–Trinajstić information content (AvgIpc) is 2.74. The van der Waals surface area contributed by atoms with Gasteiger partial charge in [0.1, 0.15) is 0 Å². The highest BCUT2D eigenvalue weighted by Gasteiger charge is 2.43. The average molecular weight is 226 g/mol. The van der Waals surface area contributed by atoms with E-state index in [1.165, 1.54) is 30.4 Å². The molecule has 2 aliphatic carbocycles. The zero-order valence-corrected chi connectivity index (χ0v) is 10.1. The summed E-state index contributed by atoms with van der Waals surface area (Å²) in [5, 5.41) is 9.33. The highest BCUT2D eigenvalue weighted by molar-refractivity contribution is 5.38. The maximum Gasteiger partial charge on any atom is 0.0766 e. The van der Waals surface area contributed by atoms with E-state index >= 15 is 0 Å². The number of fused-ring (bicyclic) bond motifs is 1. The molecule has 0 aliphatic heterocycles. The fourth-order valence-electron chi connectivity index (χ4n) is 3.15. The van der Waals surface area contributed by atoms with E-state index in [1.807, 2.05) is 0 Å². The molecule has 3 rings (SSSR count). The summed E-state index contributed by atoms with van der Waals surface area (Å²) in [6, 6.07) is 8.93. The maximum absolute atomic E-state index is 9.33. The second-order valence-electron chi connectivity index (χ2n) is 5.48. The van der Waals surface area contributed by atoms with Crippen LogP contribution in [0, 0.1) is 16.7 Å². The highest BCUT2D eigenvalue weighted by Crippen LogP contribution is 2.48. The maximum atomic E-state index is 9.33. The predicted octanol–water partition coefficient (Wildman–Crippen LogP) is 2.87. The Morgan fingerprint density at radius 3 is 2.59 bits per heavy atom. The molecule has 2 N–H and O–H groups in total. The molecular formula is C15H18N2. The van der Waals surface area contributed by atoms with E-state index in [1.54, 1.807) is 0 Å². The molecule has 2 nitrogen and oxygen atoms in total. The van der Waals surface area contributed by atoms with Crippen molar-refractivity contribution in [2.75, 3.05) is 0 Å². The first kappa shape index (κ1) is 10.8. The first-order valence-corrected chi connectivity index (χ1v) is 6.54. The van der Waals surface area contributed by atoms with Gasteiger partial charge in [0, 0.05) is 6.04 Å². The molecular weight excluding hydrogens is 208 g/mol. The van der Waals surface area contributed by atoms with Crippen LogP contribution < -0.4 is 5.73 Å². The van der Waals surface area contributed by atoms with Crippen molar-refractivity contribution in [3.8, 4) is 6.07 Å². The zero-order valence-electron chi connectivity index (χ0n) is 10.1. The smallest absolute Gasteiger partial charge is 0.0766 e. The van der Waals surface area contributed by atoms with E-state index in [-0.39, 0.29) is 11.5 Å². The third-order valence-electron chi connectivity index (χ3n) is 4.55. The van der Waals surface area contributed by atoms with Crippen molar-refractivity contribution >= 4 is 0 Å². The Morgan fingerprint density at radius 2 is 1.94 bits per heavy atom. The molecule has 0 heterocycles. The van der Waals surface area contributed by atoms with Gasteiger partial charge in [-0.3, -0.25) is 0 Å². The lowest BCUT2D eigenvalue weighted by molar-refractivity contribution is 0.169. The summed E-state index contributed by atoms with van der Waals surface area (Å²) >= 11 is 0. The largest absolute Gasteiger partial charge is 0.323 e. The van der Waals surface area contributed by atoms with Gasteiger partial charge in [-0.1, -0.05) is 24.6 Å². The quantitative estimate of drug-likeness (QED) is 0.843. The fourth-order valence-corrected chi connectivity index (χ4v) is 3.15. The second-order valence-corrected chi connectivity index (χ2v) is 5.48. The van der Waals surface area contributed by atoms with Crippen molar-refractivity contribution in [1.29, 1.82) is 5.26 Å². The minimum atomic E-state index is -0.285. The molecule has 1 unspecified atom stereocenters. The monoisotopic (exact) mass is 226 g/mol. The normalized spacial score (nSPS) is 22.4. The number of nitrogens with zero attached hydrogens (tertiary/aromatic N) is 1. The Kier molecular flexibility index (Phi) is 2.45. The standard InChI is InChI=1S/C15H18N2/c16-10-15(7-2-8-15)14(17)13-6-5-11-3-1-4-12(11)9-13/h5-6,9,14H,1-4,7-8,17H2. The SMILES string of the molecule is N#CC1(C(N)c2ccc3c(c2)CCC3)CCC1. The minimum Gasteiger partial charge on any atom is -0.323 e. The van der Waals surface area contributed by atoms with Crippen molar-refractivity contribution in [3.63, 3.8) is 0 Å². The number of hydrogen-bond acceptors (Lipinski definition) is 2. The van der Waals surface area contributed by atoms with Crippen LogP contribution in [0.15, 0.2) is 18.2 Å². The van der Waals surface area contributed by atoms with E-state index in [0.717, 1.165) is 24.8 Å². The molecule has 2 aliphatic rings. The zero-order chi connectivity index (χ0) is 11.9. The molecule has 2 heteroatoms. The molecule has 0 aromatic heterocycles. The summed E-state index contributed by atoms with van der Waals surface area (Å²) in [6.45, 7) is 0. The molecule has 0 bridgehead atoms. The van der Waals surface area contributed by atoms with Gasteiger partial charge in [-0.25, -0.2) is 0 Å². The van der Waals surface area contributed by atoms with Crippen molar-refractivity contribution < 1.29 is 0 Å². The van der Waals surface area contributed by atoms with Crippen LogP contribution in [0.5, 0.6) is 0 Å². The Bertz CT molecular complexity index is 480. The fraction of sp³-hybridized carbons (Fsp3) is 0.533. The van der Waals surface area contributed by atoms with Gasteiger partial charge in [-0.2, -0.15) is 5.26 Å². The van der Waals surface area contributed by atoms with Crippen molar-refractivity contribution in [1.82, 2.24) is 0 Å². The second kappa shape index (κ2) is 3.85. The van der Waals surface area contributed by atoms with E-state index in [4.69, 9.17) is 5.73 Å². The number of nitriles is 1. The van der Waals surface area contributed by atoms with Crippen LogP contribution in [0.4, 0.5) is 0 Å². The number of hydrogen-bond donors (Lipinski definition) is 1. The molecule has 1 aromatic carbocycles. The molecule has 1 fully saturated rings. The predicted molar refractivity (Wildman–Crippen MR) is 67.3 cm³/mol. The Labute approximate surface area is 102 Å². The summed E-state index contributed by atoms with van der Waals surface area (Å²) in [4.78, 5) is 0. The Balaban J connectivity index is 1.92. The number of aryl methyl sites for hydroxylation is 2. The van der Waals surface area contributed by atoms with Gasteiger partial charge >= 0.3 is 0 Å². The van der Waals surface area contributed by atoms with Gasteiger partial charge < -0.3 is 5.73 Å². The molecule has 88 valence electrons. The van der Waals surface area contributed by atoms with Crippen LogP contribution in [0.1, 0.15) is 48.4 Å². The van der Waals surface area contributed by atoms with Gasteiger partial charge in [0.25, 0.3) is 0 Å². The lowest BCUT2D eigenvalue weighted by Crippen LogP contribution is -2.39. The van der Waals surface area contributed by atoms with Gasteiger partial charge in [0.15, 0.2) is 0 Å². The topological polar surface area (TPSA) is 49.8 Å². The molecule has 17 heavy (non-hydrogen) atoms. The lowest BCUT2D eigenvalue weighted by Gasteiger charge is -2.40. The molecule has 0 amide bonds. The summed E-state index contributed by atoms with van der Waals surface area (Å²) in [6.07, 6.45) is 6.71. The van der Waals surface area contributed by atoms with Crippen LogP contribution in [-0.4, -0.2) is 0 Å². The van der Waals surface area contributed by atoms with Crippen LogP contribution in [0.2, 0.25) is 0 Å². The van der Waals surface area contributed by atoms with Crippen LogP contribution in [0.3, 0.4) is 0 Å². The molecule has 1 aromatic rings.